The Hall–Kier alpha value is -1.54. The van der Waals surface area contributed by atoms with Crippen LogP contribution in [0.15, 0.2) is 22.7 Å². The number of carbonyl (C=O) groups excluding carboxylic acids is 3. The Morgan fingerprint density at radius 1 is 1.48 bits per heavy atom. The van der Waals surface area contributed by atoms with E-state index in [0.29, 0.717) is 17.9 Å². The summed E-state index contributed by atoms with van der Waals surface area (Å²) in [6.07, 6.45) is 1.19. The smallest absolute Gasteiger partial charge is 0.330 e. The molecule has 0 aliphatic carbocycles. The molecule has 0 unspecified atom stereocenters. The number of anilines is 1. The fraction of sp³-hybridized carbons (Fsp3) is 0.471. The number of rotatable bonds is 4. The van der Waals surface area contributed by atoms with Crippen LogP contribution in [-0.2, 0) is 19.1 Å². The van der Waals surface area contributed by atoms with Crippen molar-refractivity contribution in [1.29, 1.82) is 0 Å². The second-order valence-electron chi connectivity index (χ2n) is 6.39. The number of ether oxygens (including phenoxy) is 1. The largest absolute Gasteiger partial charge is 0.454 e. The van der Waals surface area contributed by atoms with Crippen molar-refractivity contribution in [1.82, 2.24) is 4.90 Å². The zero-order chi connectivity index (χ0) is 18.2. The predicted octanol–water partition coefficient (Wildman–Crippen LogP) is 2.69. The van der Waals surface area contributed by atoms with Crippen molar-refractivity contribution in [3.63, 3.8) is 0 Å². The zero-order valence-corrected chi connectivity index (χ0v) is 16.4. The number of amides is 2. The maximum absolute atomic E-state index is 12.3. The van der Waals surface area contributed by atoms with E-state index in [4.69, 9.17) is 4.74 Å². The van der Waals surface area contributed by atoms with E-state index in [1.165, 1.54) is 0 Å². The lowest BCUT2D eigenvalue weighted by molar-refractivity contribution is -0.155. The normalized spacial score (nSPS) is 25.0. The Bertz CT molecular complexity index is 741. The van der Waals surface area contributed by atoms with Gasteiger partial charge in [-0.05, 0) is 44.0 Å². The fourth-order valence-electron chi connectivity index (χ4n) is 3.15. The molecule has 1 N–H and O–H groups in total. The van der Waals surface area contributed by atoms with Crippen LogP contribution in [0.2, 0.25) is 0 Å². The molecule has 2 atom stereocenters. The third-order valence-corrected chi connectivity index (χ3v) is 6.90. The molecule has 25 heavy (non-hydrogen) atoms. The topological polar surface area (TPSA) is 75.7 Å². The summed E-state index contributed by atoms with van der Waals surface area (Å²) in [5.74, 6) is -0.441. The summed E-state index contributed by atoms with van der Waals surface area (Å²) in [5, 5.41) is 2.70. The van der Waals surface area contributed by atoms with Gasteiger partial charge in [-0.2, -0.15) is 0 Å². The molecule has 0 saturated carbocycles. The summed E-state index contributed by atoms with van der Waals surface area (Å²) < 4.78 is 6.10. The predicted molar refractivity (Wildman–Crippen MR) is 99.2 cm³/mol. The van der Waals surface area contributed by atoms with Crippen molar-refractivity contribution in [3.8, 4) is 0 Å². The van der Waals surface area contributed by atoms with E-state index in [2.05, 4.69) is 21.2 Å². The van der Waals surface area contributed by atoms with Gasteiger partial charge >= 0.3 is 5.97 Å². The van der Waals surface area contributed by atoms with Gasteiger partial charge in [0, 0.05) is 22.3 Å². The number of hydrogen-bond acceptors (Lipinski definition) is 5. The molecule has 2 saturated heterocycles. The Morgan fingerprint density at radius 2 is 2.24 bits per heavy atom. The maximum atomic E-state index is 12.3. The third-order valence-electron chi connectivity index (χ3n) is 4.50. The van der Waals surface area contributed by atoms with Gasteiger partial charge in [-0.25, -0.2) is 4.79 Å². The van der Waals surface area contributed by atoms with Gasteiger partial charge in [0.15, 0.2) is 6.61 Å². The van der Waals surface area contributed by atoms with Crippen LogP contribution in [0.1, 0.15) is 25.3 Å². The number of hydrogen-bond donors (Lipinski definition) is 1. The molecule has 8 heteroatoms. The Balaban J connectivity index is 1.54. The van der Waals surface area contributed by atoms with Gasteiger partial charge < -0.3 is 15.0 Å². The molecular formula is C17H19BrN2O4S. The lowest BCUT2D eigenvalue weighted by Gasteiger charge is -2.29. The third kappa shape index (κ3) is 3.69. The molecular weight excluding hydrogens is 408 g/mol. The number of aryl methyl sites for hydroxylation is 1. The van der Waals surface area contributed by atoms with E-state index in [1.807, 2.05) is 26.0 Å². The van der Waals surface area contributed by atoms with Gasteiger partial charge in [0.1, 0.15) is 6.04 Å². The second kappa shape index (κ2) is 6.99. The minimum atomic E-state index is -0.604. The van der Waals surface area contributed by atoms with Gasteiger partial charge in [-0.15, -0.1) is 11.8 Å². The van der Waals surface area contributed by atoms with Crippen molar-refractivity contribution in [3.05, 3.63) is 28.2 Å². The standard InChI is InChI=1S/C17H19BrN2O4S/c1-10-7-11(3-4-12(10)18)19-14(21)8-24-16(23)13-9-25-17(2)6-5-15(22)20(13)17/h3-4,7,13H,5-6,8-9H2,1-2H3,(H,19,21)/t13-,17+/m0/s1. The molecule has 0 radical (unpaired) electrons. The van der Waals surface area contributed by atoms with Crippen LogP contribution >= 0.6 is 27.7 Å². The Morgan fingerprint density at radius 3 is 2.96 bits per heavy atom. The van der Waals surface area contributed by atoms with Gasteiger partial charge in [0.05, 0.1) is 4.87 Å². The molecule has 2 heterocycles. The molecule has 6 nitrogen and oxygen atoms in total. The van der Waals surface area contributed by atoms with Crippen molar-refractivity contribution < 1.29 is 19.1 Å². The lowest BCUT2D eigenvalue weighted by atomic mass is 10.2. The van der Waals surface area contributed by atoms with Crippen LogP contribution in [0.5, 0.6) is 0 Å². The van der Waals surface area contributed by atoms with Gasteiger partial charge in [-0.1, -0.05) is 15.9 Å². The van der Waals surface area contributed by atoms with Crippen molar-refractivity contribution in [2.24, 2.45) is 0 Å². The number of halogens is 1. The summed E-state index contributed by atoms with van der Waals surface area (Å²) in [4.78, 5) is 37.6. The number of thioether (sulfide) groups is 1. The second-order valence-corrected chi connectivity index (χ2v) is 8.74. The van der Waals surface area contributed by atoms with E-state index in [-0.39, 0.29) is 17.4 Å². The minimum absolute atomic E-state index is 0.0239. The van der Waals surface area contributed by atoms with Gasteiger partial charge in [0.2, 0.25) is 5.91 Å². The van der Waals surface area contributed by atoms with Crippen LogP contribution in [-0.4, -0.2) is 46.0 Å². The van der Waals surface area contributed by atoms with E-state index in [0.717, 1.165) is 16.5 Å². The first-order chi connectivity index (χ1) is 11.8. The van der Waals surface area contributed by atoms with Crippen molar-refractivity contribution in [2.75, 3.05) is 17.7 Å². The van der Waals surface area contributed by atoms with Gasteiger partial charge in [0.25, 0.3) is 5.91 Å². The minimum Gasteiger partial charge on any atom is -0.454 e. The van der Waals surface area contributed by atoms with Crippen LogP contribution in [0, 0.1) is 6.92 Å². The zero-order valence-electron chi connectivity index (χ0n) is 14.0. The molecule has 1 aromatic carbocycles. The highest BCUT2D eigenvalue weighted by Crippen LogP contribution is 2.47. The maximum Gasteiger partial charge on any atom is 0.330 e. The summed E-state index contributed by atoms with van der Waals surface area (Å²) in [6, 6.07) is 4.82. The molecule has 2 fully saturated rings. The molecule has 2 aliphatic heterocycles. The van der Waals surface area contributed by atoms with Gasteiger partial charge in [-0.3, -0.25) is 9.59 Å². The molecule has 3 rings (SSSR count). The summed E-state index contributed by atoms with van der Waals surface area (Å²) in [6.45, 7) is 3.52. The molecule has 134 valence electrons. The van der Waals surface area contributed by atoms with Crippen molar-refractivity contribution >= 4 is 51.2 Å². The quantitative estimate of drug-likeness (QED) is 0.748. The molecule has 0 spiro atoms. The molecule has 2 aliphatic rings. The molecule has 0 bridgehead atoms. The fourth-order valence-corrected chi connectivity index (χ4v) is 4.81. The summed E-state index contributed by atoms with van der Waals surface area (Å²) in [7, 11) is 0. The summed E-state index contributed by atoms with van der Waals surface area (Å²) in [5.41, 5.74) is 1.63. The van der Waals surface area contributed by atoms with E-state index >= 15 is 0 Å². The number of nitrogens with zero attached hydrogens (tertiary/aromatic N) is 1. The average Bonchev–Trinajstić information content (AvgIpc) is 3.05. The first-order valence-electron chi connectivity index (χ1n) is 7.99. The van der Waals surface area contributed by atoms with Crippen LogP contribution < -0.4 is 5.32 Å². The SMILES string of the molecule is Cc1cc(NC(=O)COC(=O)[C@@H]2CS[C@]3(C)CCC(=O)N23)ccc1Br. The van der Waals surface area contributed by atoms with E-state index in [9.17, 15) is 14.4 Å². The number of fused-ring (bicyclic) bond motifs is 1. The highest BCUT2D eigenvalue weighted by Gasteiger charge is 2.53. The molecule has 1 aromatic rings. The number of nitrogens with one attached hydrogen (secondary N) is 1. The van der Waals surface area contributed by atoms with Crippen LogP contribution in [0.25, 0.3) is 0 Å². The summed E-state index contributed by atoms with van der Waals surface area (Å²) >= 11 is 4.99. The lowest BCUT2D eigenvalue weighted by Crippen LogP contribution is -2.47. The first-order valence-corrected chi connectivity index (χ1v) is 9.77. The van der Waals surface area contributed by atoms with E-state index in [1.54, 1.807) is 22.7 Å². The highest BCUT2D eigenvalue weighted by molar-refractivity contribution is 9.10. The average molecular weight is 427 g/mol. The number of esters is 1. The Kier molecular flexibility index (Phi) is 5.11. The highest BCUT2D eigenvalue weighted by atomic mass is 79.9. The first kappa shape index (κ1) is 18.3. The van der Waals surface area contributed by atoms with Crippen LogP contribution in [0.3, 0.4) is 0 Å². The Labute approximate surface area is 158 Å². The number of benzene rings is 1. The van der Waals surface area contributed by atoms with E-state index < -0.39 is 17.9 Å². The van der Waals surface area contributed by atoms with Crippen molar-refractivity contribution in [2.45, 2.75) is 37.6 Å². The molecule has 2 amide bonds. The monoisotopic (exact) mass is 426 g/mol. The van der Waals surface area contributed by atoms with Crippen LogP contribution in [0.4, 0.5) is 5.69 Å². The molecule has 0 aromatic heterocycles. The number of carbonyl (C=O) groups is 3.